The van der Waals surface area contributed by atoms with E-state index in [1.54, 1.807) is 31.4 Å². The van der Waals surface area contributed by atoms with Crippen molar-refractivity contribution in [3.05, 3.63) is 24.3 Å². The van der Waals surface area contributed by atoms with E-state index in [0.29, 0.717) is 25.5 Å². The highest BCUT2D eigenvalue weighted by atomic mass is 32.2. The van der Waals surface area contributed by atoms with Gasteiger partial charge in [-0.25, -0.2) is 13.1 Å². The maximum atomic E-state index is 12.3. The topological polar surface area (TPSA) is 67.9 Å². The number of benzene rings is 1. The van der Waals surface area contributed by atoms with E-state index >= 15 is 0 Å². The summed E-state index contributed by atoms with van der Waals surface area (Å²) in [5, 5.41) is 0. The van der Waals surface area contributed by atoms with E-state index in [1.165, 1.54) is 0 Å². The van der Waals surface area contributed by atoms with Crippen LogP contribution in [0.15, 0.2) is 29.2 Å². The molecule has 1 unspecified atom stereocenters. The third-order valence-electron chi connectivity index (χ3n) is 3.36. The van der Waals surface area contributed by atoms with E-state index in [4.69, 9.17) is 9.47 Å². The van der Waals surface area contributed by atoms with Gasteiger partial charge in [0.15, 0.2) is 0 Å². The van der Waals surface area contributed by atoms with Gasteiger partial charge in [0.1, 0.15) is 5.75 Å². The molecule has 0 spiro atoms. The van der Waals surface area contributed by atoms with Gasteiger partial charge in [0, 0.05) is 25.7 Å². The van der Waals surface area contributed by atoms with Gasteiger partial charge in [-0.05, 0) is 31.2 Å². The number of hydrogen-bond acceptors (Lipinski definition) is 5. The minimum atomic E-state index is -3.50. The molecule has 1 atom stereocenters. The monoisotopic (exact) mass is 314 g/mol. The molecule has 1 saturated heterocycles. The molecule has 1 heterocycles. The molecule has 7 heteroatoms. The van der Waals surface area contributed by atoms with Crippen molar-refractivity contribution < 1.29 is 17.9 Å². The van der Waals surface area contributed by atoms with Crippen molar-refractivity contribution in [1.82, 2.24) is 9.62 Å². The Kier molecular flexibility index (Phi) is 5.58. The van der Waals surface area contributed by atoms with Crippen molar-refractivity contribution in [2.75, 3.05) is 40.0 Å². The quantitative estimate of drug-likeness (QED) is 0.837. The Morgan fingerprint density at radius 3 is 2.48 bits per heavy atom. The summed E-state index contributed by atoms with van der Waals surface area (Å²) in [6, 6.07) is 6.21. The Hall–Kier alpha value is -1.15. The lowest BCUT2D eigenvalue weighted by molar-refractivity contribution is 0.0354. The second kappa shape index (κ2) is 7.22. The molecule has 1 aliphatic heterocycles. The van der Waals surface area contributed by atoms with Crippen LogP contribution in [0.3, 0.4) is 0 Å². The van der Waals surface area contributed by atoms with Crippen molar-refractivity contribution in [2.24, 2.45) is 0 Å². The third-order valence-corrected chi connectivity index (χ3v) is 4.97. The third kappa shape index (κ3) is 4.67. The van der Waals surface area contributed by atoms with E-state index in [-0.39, 0.29) is 10.9 Å². The molecule has 2 rings (SSSR count). The van der Waals surface area contributed by atoms with Crippen LogP contribution < -0.4 is 9.46 Å². The zero-order chi connectivity index (χ0) is 15.3. The molecule has 1 aromatic carbocycles. The molecule has 21 heavy (non-hydrogen) atoms. The molecule has 0 aromatic heterocycles. The average molecular weight is 314 g/mol. The van der Waals surface area contributed by atoms with Crippen molar-refractivity contribution in [3.8, 4) is 5.75 Å². The summed E-state index contributed by atoms with van der Waals surface area (Å²) in [6.07, 6.45) is 0. The first-order valence-corrected chi connectivity index (χ1v) is 8.46. The van der Waals surface area contributed by atoms with E-state index < -0.39 is 10.0 Å². The van der Waals surface area contributed by atoms with Crippen LogP contribution in [0.5, 0.6) is 5.75 Å². The lowest BCUT2D eigenvalue weighted by atomic mass is 10.3. The van der Waals surface area contributed by atoms with Gasteiger partial charge in [-0.3, -0.25) is 4.90 Å². The molecule has 1 fully saturated rings. The molecule has 0 amide bonds. The Morgan fingerprint density at radius 1 is 1.29 bits per heavy atom. The molecule has 0 radical (unpaired) electrons. The van der Waals surface area contributed by atoms with Crippen LogP contribution in [0.25, 0.3) is 0 Å². The summed E-state index contributed by atoms with van der Waals surface area (Å²) in [4.78, 5) is 2.45. The first-order valence-electron chi connectivity index (χ1n) is 6.98. The minimum Gasteiger partial charge on any atom is -0.497 e. The first kappa shape index (κ1) is 16.2. The van der Waals surface area contributed by atoms with Crippen LogP contribution in [-0.2, 0) is 14.8 Å². The molecular formula is C14H22N2O4S. The molecule has 0 bridgehead atoms. The van der Waals surface area contributed by atoms with Crippen molar-refractivity contribution in [3.63, 3.8) is 0 Å². The molecule has 1 N–H and O–H groups in total. The fourth-order valence-corrected chi connectivity index (χ4v) is 3.53. The number of ether oxygens (including phenoxy) is 2. The second-order valence-corrected chi connectivity index (χ2v) is 6.82. The number of sulfonamides is 1. The van der Waals surface area contributed by atoms with Crippen LogP contribution in [0, 0.1) is 0 Å². The van der Waals surface area contributed by atoms with Gasteiger partial charge in [0.2, 0.25) is 10.0 Å². The van der Waals surface area contributed by atoms with Gasteiger partial charge >= 0.3 is 0 Å². The maximum Gasteiger partial charge on any atom is 0.240 e. The second-order valence-electron chi connectivity index (χ2n) is 5.11. The SMILES string of the molecule is COc1ccc(S(=O)(=O)NC(C)CN2CCOCC2)cc1. The van der Waals surface area contributed by atoms with E-state index in [0.717, 1.165) is 13.1 Å². The molecular weight excluding hydrogens is 292 g/mol. The normalized spacial score (nSPS) is 18.4. The van der Waals surface area contributed by atoms with Crippen LogP contribution >= 0.6 is 0 Å². The zero-order valence-corrected chi connectivity index (χ0v) is 13.2. The Bertz CT molecular complexity index is 539. The Labute approximate surface area is 126 Å². The number of nitrogens with one attached hydrogen (secondary N) is 1. The summed E-state index contributed by atoms with van der Waals surface area (Å²) in [5.74, 6) is 0.635. The Balaban J connectivity index is 1.95. The smallest absolute Gasteiger partial charge is 0.240 e. The molecule has 0 saturated carbocycles. The molecule has 6 nitrogen and oxygen atoms in total. The first-order chi connectivity index (χ1) is 10.0. The highest BCUT2D eigenvalue weighted by molar-refractivity contribution is 7.89. The van der Waals surface area contributed by atoms with Crippen molar-refractivity contribution in [1.29, 1.82) is 0 Å². The molecule has 0 aliphatic carbocycles. The van der Waals surface area contributed by atoms with Gasteiger partial charge in [0.05, 0.1) is 25.2 Å². The summed E-state index contributed by atoms with van der Waals surface area (Å²) in [6.45, 7) is 5.65. The maximum absolute atomic E-state index is 12.3. The predicted octanol–water partition coefficient (Wildman–Crippen LogP) is 0.694. The van der Waals surface area contributed by atoms with Gasteiger partial charge < -0.3 is 9.47 Å². The van der Waals surface area contributed by atoms with Gasteiger partial charge in [0.25, 0.3) is 0 Å². The lowest BCUT2D eigenvalue weighted by Gasteiger charge is -2.29. The van der Waals surface area contributed by atoms with Crippen LogP contribution in [-0.4, -0.2) is 59.3 Å². The lowest BCUT2D eigenvalue weighted by Crippen LogP contribution is -2.45. The van der Waals surface area contributed by atoms with Crippen molar-refractivity contribution >= 4 is 10.0 Å². The molecule has 118 valence electrons. The fourth-order valence-electron chi connectivity index (χ4n) is 2.30. The summed E-state index contributed by atoms with van der Waals surface area (Å²) < 4.78 is 37.6. The fraction of sp³-hybridized carbons (Fsp3) is 0.571. The summed E-state index contributed by atoms with van der Waals surface area (Å²) in [7, 11) is -1.95. The Morgan fingerprint density at radius 2 is 1.90 bits per heavy atom. The summed E-state index contributed by atoms with van der Waals surface area (Å²) in [5.41, 5.74) is 0. The molecule has 1 aliphatic rings. The zero-order valence-electron chi connectivity index (χ0n) is 12.4. The summed E-state index contributed by atoms with van der Waals surface area (Å²) >= 11 is 0. The van der Waals surface area contributed by atoms with E-state index in [1.807, 2.05) is 6.92 Å². The highest BCUT2D eigenvalue weighted by Gasteiger charge is 2.20. The minimum absolute atomic E-state index is 0.157. The van der Waals surface area contributed by atoms with Crippen LogP contribution in [0.4, 0.5) is 0 Å². The predicted molar refractivity (Wildman–Crippen MR) is 80.0 cm³/mol. The number of methoxy groups -OCH3 is 1. The number of morpholine rings is 1. The average Bonchev–Trinajstić information content (AvgIpc) is 2.47. The number of nitrogens with zero attached hydrogens (tertiary/aromatic N) is 1. The van der Waals surface area contributed by atoms with Crippen molar-refractivity contribution in [2.45, 2.75) is 17.9 Å². The molecule has 1 aromatic rings. The standard InChI is InChI=1S/C14H22N2O4S/c1-12(11-16-7-9-20-10-8-16)15-21(17,18)14-5-3-13(19-2)4-6-14/h3-6,12,15H,7-11H2,1-2H3. The van der Waals surface area contributed by atoms with Crippen LogP contribution in [0.1, 0.15) is 6.92 Å². The number of hydrogen-bond donors (Lipinski definition) is 1. The number of rotatable bonds is 6. The van der Waals surface area contributed by atoms with Gasteiger partial charge in [-0.1, -0.05) is 0 Å². The largest absolute Gasteiger partial charge is 0.497 e. The van der Waals surface area contributed by atoms with E-state index in [9.17, 15) is 8.42 Å². The van der Waals surface area contributed by atoms with Gasteiger partial charge in [-0.15, -0.1) is 0 Å². The van der Waals surface area contributed by atoms with Crippen LogP contribution in [0.2, 0.25) is 0 Å². The highest BCUT2D eigenvalue weighted by Crippen LogP contribution is 2.15. The van der Waals surface area contributed by atoms with Gasteiger partial charge in [-0.2, -0.15) is 0 Å². The van der Waals surface area contributed by atoms with E-state index in [2.05, 4.69) is 9.62 Å².